The van der Waals surface area contributed by atoms with Crippen molar-refractivity contribution < 1.29 is 28.2 Å². The number of benzene rings is 2. The number of aryl methyl sites for hydroxylation is 1. The zero-order chi connectivity index (χ0) is 20.3. The molecule has 0 saturated heterocycles. The SMILES string of the molecule is CCOC(=O)c1c(C)oc2cc(Br)c(OCc3ccc(C(=O)OC)cc3)cc12. The zero-order valence-corrected chi connectivity index (χ0v) is 17.3. The molecule has 6 nitrogen and oxygen atoms in total. The fourth-order valence-corrected chi connectivity index (χ4v) is 3.24. The molecule has 0 amide bonds. The van der Waals surface area contributed by atoms with Gasteiger partial charge in [-0.25, -0.2) is 9.59 Å². The van der Waals surface area contributed by atoms with Crippen LogP contribution < -0.4 is 4.74 Å². The average Bonchev–Trinajstić information content (AvgIpc) is 3.00. The molecular formula is C21H19BrO6. The fourth-order valence-electron chi connectivity index (χ4n) is 2.80. The third-order valence-electron chi connectivity index (χ3n) is 4.17. The molecule has 0 spiro atoms. The highest BCUT2D eigenvalue weighted by atomic mass is 79.9. The van der Waals surface area contributed by atoms with E-state index in [9.17, 15) is 9.59 Å². The van der Waals surface area contributed by atoms with E-state index in [1.54, 1.807) is 50.2 Å². The summed E-state index contributed by atoms with van der Waals surface area (Å²) in [6.45, 7) is 4.05. The fraction of sp³-hybridized carbons (Fsp3) is 0.238. The van der Waals surface area contributed by atoms with Gasteiger partial charge in [0.15, 0.2) is 0 Å². The summed E-state index contributed by atoms with van der Waals surface area (Å²) in [6, 6.07) is 10.5. The highest BCUT2D eigenvalue weighted by Gasteiger charge is 2.21. The summed E-state index contributed by atoms with van der Waals surface area (Å²) >= 11 is 3.47. The molecule has 0 aliphatic carbocycles. The number of methoxy groups -OCH3 is 1. The minimum atomic E-state index is -0.426. The Morgan fingerprint density at radius 1 is 1.11 bits per heavy atom. The summed E-state index contributed by atoms with van der Waals surface area (Å²) < 4.78 is 22.1. The zero-order valence-electron chi connectivity index (χ0n) is 15.7. The second-order valence-corrected chi connectivity index (χ2v) is 6.86. The minimum absolute atomic E-state index is 0.284. The summed E-state index contributed by atoms with van der Waals surface area (Å²) in [5.74, 6) is 0.250. The number of hydrogen-bond acceptors (Lipinski definition) is 6. The highest BCUT2D eigenvalue weighted by Crippen LogP contribution is 2.35. The van der Waals surface area contributed by atoms with Crippen molar-refractivity contribution in [1.29, 1.82) is 0 Å². The smallest absolute Gasteiger partial charge is 0.342 e. The van der Waals surface area contributed by atoms with Crippen molar-refractivity contribution in [3.05, 3.63) is 63.3 Å². The van der Waals surface area contributed by atoms with Crippen LogP contribution >= 0.6 is 15.9 Å². The Hall–Kier alpha value is -2.80. The molecule has 0 N–H and O–H groups in total. The van der Waals surface area contributed by atoms with Crippen LogP contribution in [0.15, 0.2) is 45.3 Å². The van der Waals surface area contributed by atoms with E-state index in [1.807, 2.05) is 0 Å². The van der Waals surface area contributed by atoms with E-state index in [2.05, 4.69) is 20.7 Å². The van der Waals surface area contributed by atoms with Crippen LogP contribution in [0.25, 0.3) is 11.0 Å². The van der Waals surface area contributed by atoms with Gasteiger partial charge in [0, 0.05) is 5.39 Å². The number of esters is 2. The Kier molecular flexibility index (Phi) is 6.04. The molecule has 2 aromatic carbocycles. The summed E-state index contributed by atoms with van der Waals surface area (Å²) in [4.78, 5) is 23.8. The van der Waals surface area contributed by atoms with Crippen molar-refractivity contribution in [2.75, 3.05) is 13.7 Å². The molecule has 146 valence electrons. The Labute approximate surface area is 170 Å². The van der Waals surface area contributed by atoms with Crippen molar-refractivity contribution in [2.24, 2.45) is 0 Å². The molecule has 0 fully saturated rings. The maximum absolute atomic E-state index is 12.3. The van der Waals surface area contributed by atoms with Crippen LogP contribution in [-0.4, -0.2) is 25.7 Å². The molecule has 1 heterocycles. The number of fused-ring (bicyclic) bond motifs is 1. The van der Waals surface area contributed by atoms with Crippen molar-refractivity contribution in [2.45, 2.75) is 20.5 Å². The van der Waals surface area contributed by atoms with Crippen LogP contribution in [0.4, 0.5) is 0 Å². The Morgan fingerprint density at radius 3 is 2.46 bits per heavy atom. The van der Waals surface area contributed by atoms with Crippen LogP contribution in [-0.2, 0) is 16.1 Å². The standard InChI is InChI=1S/C21H19BrO6/c1-4-26-21(24)19-12(2)28-17-10-16(22)18(9-15(17)19)27-11-13-5-7-14(8-6-13)20(23)25-3/h5-10H,4,11H2,1-3H3. The lowest BCUT2D eigenvalue weighted by atomic mass is 10.1. The van der Waals surface area contributed by atoms with E-state index in [4.69, 9.17) is 13.9 Å². The molecule has 0 aliphatic rings. The average molecular weight is 447 g/mol. The minimum Gasteiger partial charge on any atom is -0.488 e. The van der Waals surface area contributed by atoms with Gasteiger partial charge >= 0.3 is 11.9 Å². The first-order valence-corrected chi connectivity index (χ1v) is 9.43. The third kappa shape index (κ3) is 4.04. The van der Waals surface area contributed by atoms with Gasteiger partial charge in [-0.15, -0.1) is 0 Å². The van der Waals surface area contributed by atoms with Crippen molar-refractivity contribution in [1.82, 2.24) is 0 Å². The number of hydrogen-bond donors (Lipinski definition) is 0. The summed E-state index contributed by atoms with van der Waals surface area (Å²) in [7, 11) is 1.34. The normalized spacial score (nSPS) is 10.7. The molecule has 0 aliphatic heterocycles. The Morgan fingerprint density at radius 2 is 1.82 bits per heavy atom. The number of carbonyl (C=O) groups excluding carboxylic acids is 2. The van der Waals surface area contributed by atoms with Gasteiger partial charge < -0.3 is 18.6 Å². The van der Waals surface area contributed by atoms with Crippen molar-refractivity contribution in [3.8, 4) is 5.75 Å². The lowest BCUT2D eigenvalue weighted by Crippen LogP contribution is -2.05. The number of ether oxygens (including phenoxy) is 3. The highest BCUT2D eigenvalue weighted by molar-refractivity contribution is 9.10. The van der Waals surface area contributed by atoms with E-state index >= 15 is 0 Å². The second-order valence-electron chi connectivity index (χ2n) is 6.01. The van der Waals surface area contributed by atoms with Gasteiger partial charge in [-0.2, -0.15) is 0 Å². The van der Waals surface area contributed by atoms with Gasteiger partial charge in [-0.3, -0.25) is 0 Å². The van der Waals surface area contributed by atoms with Crippen LogP contribution in [0, 0.1) is 6.92 Å². The molecular weight excluding hydrogens is 428 g/mol. The lowest BCUT2D eigenvalue weighted by Gasteiger charge is -2.09. The van der Waals surface area contributed by atoms with Crippen LogP contribution in [0.1, 0.15) is 39.0 Å². The first kappa shape index (κ1) is 19.9. The monoisotopic (exact) mass is 446 g/mol. The Balaban J connectivity index is 1.84. The molecule has 0 radical (unpaired) electrons. The topological polar surface area (TPSA) is 75.0 Å². The number of halogens is 1. The molecule has 7 heteroatoms. The number of furan rings is 1. The van der Waals surface area contributed by atoms with Crippen LogP contribution in [0.5, 0.6) is 5.75 Å². The molecule has 0 bridgehead atoms. The maximum Gasteiger partial charge on any atom is 0.342 e. The van der Waals surface area contributed by atoms with E-state index in [0.717, 1.165) is 5.56 Å². The van der Waals surface area contributed by atoms with Gasteiger partial charge in [0.05, 0.1) is 23.8 Å². The van der Waals surface area contributed by atoms with Crippen molar-refractivity contribution in [3.63, 3.8) is 0 Å². The summed E-state index contributed by atoms with van der Waals surface area (Å²) in [5.41, 5.74) is 2.33. The maximum atomic E-state index is 12.3. The molecule has 1 aromatic heterocycles. The predicted molar refractivity (Wildman–Crippen MR) is 107 cm³/mol. The predicted octanol–water partition coefficient (Wildman–Crippen LogP) is 5.05. The first-order valence-electron chi connectivity index (χ1n) is 8.64. The van der Waals surface area contributed by atoms with E-state index < -0.39 is 5.97 Å². The van der Waals surface area contributed by atoms with E-state index in [0.29, 0.717) is 38.1 Å². The molecule has 3 rings (SSSR count). The van der Waals surface area contributed by atoms with E-state index in [-0.39, 0.29) is 19.2 Å². The van der Waals surface area contributed by atoms with E-state index in [1.165, 1.54) is 7.11 Å². The molecule has 0 unspecified atom stereocenters. The van der Waals surface area contributed by atoms with Gasteiger partial charge in [-0.05, 0) is 59.6 Å². The molecule has 28 heavy (non-hydrogen) atoms. The Bertz CT molecular complexity index is 1020. The number of rotatable bonds is 6. The van der Waals surface area contributed by atoms with Gasteiger partial charge in [0.2, 0.25) is 0 Å². The second kappa shape index (κ2) is 8.48. The van der Waals surface area contributed by atoms with Gasteiger partial charge in [0.1, 0.15) is 29.3 Å². The molecule has 0 saturated carbocycles. The van der Waals surface area contributed by atoms with Crippen LogP contribution in [0.3, 0.4) is 0 Å². The number of carbonyl (C=O) groups is 2. The molecule has 0 atom stereocenters. The van der Waals surface area contributed by atoms with Crippen LogP contribution in [0.2, 0.25) is 0 Å². The van der Waals surface area contributed by atoms with Gasteiger partial charge in [0.25, 0.3) is 0 Å². The lowest BCUT2D eigenvalue weighted by molar-refractivity contribution is 0.0525. The third-order valence-corrected chi connectivity index (χ3v) is 4.79. The quantitative estimate of drug-likeness (QED) is 0.493. The van der Waals surface area contributed by atoms with Crippen molar-refractivity contribution >= 4 is 38.8 Å². The summed E-state index contributed by atoms with van der Waals surface area (Å²) in [6.07, 6.45) is 0. The van der Waals surface area contributed by atoms with Gasteiger partial charge in [-0.1, -0.05) is 12.1 Å². The first-order chi connectivity index (χ1) is 13.4. The largest absolute Gasteiger partial charge is 0.488 e. The molecule has 3 aromatic rings. The summed E-state index contributed by atoms with van der Waals surface area (Å²) in [5, 5.41) is 0.634.